The zero-order valence-electron chi connectivity index (χ0n) is 18.4. The van der Waals surface area contributed by atoms with Gasteiger partial charge in [0.2, 0.25) is 15.9 Å². The zero-order chi connectivity index (χ0) is 25.0. The number of hydrogen-bond acceptors (Lipinski definition) is 5. The van der Waals surface area contributed by atoms with E-state index in [0.29, 0.717) is 27.4 Å². The van der Waals surface area contributed by atoms with E-state index in [1.54, 1.807) is 18.2 Å². The number of hydrogen-bond donors (Lipinski definition) is 1. The van der Waals surface area contributed by atoms with Crippen molar-refractivity contribution >= 4 is 33.2 Å². The van der Waals surface area contributed by atoms with E-state index in [4.69, 9.17) is 21.1 Å². The highest BCUT2D eigenvalue weighted by Gasteiger charge is 2.33. The number of nitrogens with zero attached hydrogens (tertiary/aromatic N) is 1. The lowest BCUT2D eigenvalue weighted by atomic mass is 10.2. The van der Waals surface area contributed by atoms with Gasteiger partial charge in [-0.3, -0.25) is 9.10 Å². The Morgan fingerprint density at radius 1 is 1.15 bits per heavy atom. The Kier molecular flexibility index (Phi) is 8.47. The Morgan fingerprint density at radius 3 is 2.36 bits per heavy atom. The van der Waals surface area contributed by atoms with E-state index >= 15 is 0 Å². The first kappa shape index (κ1) is 26.6. The first-order valence-electron chi connectivity index (χ1n) is 9.67. The molecule has 0 fully saturated rings. The molecule has 7 nitrogen and oxygen atoms in total. The van der Waals surface area contributed by atoms with Crippen LogP contribution in [0.3, 0.4) is 0 Å². The third-order valence-corrected chi connectivity index (χ3v) is 5.76. The fourth-order valence-electron chi connectivity index (χ4n) is 2.82. The average molecular weight is 509 g/mol. The van der Waals surface area contributed by atoms with Gasteiger partial charge in [-0.2, -0.15) is 13.2 Å². The molecule has 0 unspecified atom stereocenters. The minimum atomic E-state index is -4.71. The Bertz CT molecular complexity index is 1110. The summed E-state index contributed by atoms with van der Waals surface area (Å²) in [5, 5.41) is 2.30. The molecular weight excluding hydrogens is 485 g/mol. The first-order valence-corrected chi connectivity index (χ1v) is 11.9. The van der Waals surface area contributed by atoms with Gasteiger partial charge in [0.1, 0.15) is 6.54 Å². The minimum Gasteiger partial charge on any atom is -0.493 e. The molecule has 1 amide bonds. The Balaban J connectivity index is 2.20. The molecule has 0 aliphatic heterocycles. The molecular formula is C21H24ClF3N2O5S. The van der Waals surface area contributed by atoms with Gasteiger partial charge in [-0.25, -0.2) is 8.42 Å². The summed E-state index contributed by atoms with van der Waals surface area (Å²) < 4.78 is 75.2. The average Bonchev–Trinajstić information content (AvgIpc) is 2.69. The van der Waals surface area contributed by atoms with E-state index in [1.807, 2.05) is 13.8 Å². The van der Waals surface area contributed by atoms with Crippen molar-refractivity contribution in [2.75, 3.05) is 24.2 Å². The number of sulfonamides is 1. The number of carbonyl (C=O) groups excluding carboxylic acids is 1. The summed E-state index contributed by atoms with van der Waals surface area (Å²) in [5.74, 6) is 0.226. The van der Waals surface area contributed by atoms with Gasteiger partial charge in [0.05, 0.1) is 35.7 Å². The minimum absolute atomic E-state index is 0.0189. The quantitative estimate of drug-likeness (QED) is 0.548. The molecule has 0 heterocycles. The standard InChI is InChI=1S/C21H24ClF3N2O5S/c1-13(2)32-18-8-5-14(9-19(18)31-3)11-26-20(28)12-27(33(4,29)30)17-10-15(21(23,24)25)6-7-16(17)22/h5-10,13H,11-12H2,1-4H3,(H,26,28). The van der Waals surface area contributed by atoms with Crippen molar-refractivity contribution in [1.82, 2.24) is 5.32 Å². The number of anilines is 1. The van der Waals surface area contributed by atoms with Crippen LogP contribution in [0.15, 0.2) is 36.4 Å². The van der Waals surface area contributed by atoms with Crippen molar-refractivity contribution in [2.24, 2.45) is 0 Å². The van der Waals surface area contributed by atoms with Gasteiger partial charge in [-0.1, -0.05) is 17.7 Å². The van der Waals surface area contributed by atoms with Crippen molar-refractivity contribution in [3.8, 4) is 11.5 Å². The van der Waals surface area contributed by atoms with Crippen molar-refractivity contribution in [1.29, 1.82) is 0 Å². The number of carbonyl (C=O) groups is 1. The summed E-state index contributed by atoms with van der Waals surface area (Å²) in [5.41, 5.74) is -0.896. The molecule has 2 aromatic carbocycles. The summed E-state index contributed by atoms with van der Waals surface area (Å²) >= 11 is 5.96. The smallest absolute Gasteiger partial charge is 0.416 e. The van der Waals surface area contributed by atoms with Gasteiger partial charge in [0.25, 0.3) is 0 Å². The van der Waals surface area contributed by atoms with Gasteiger partial charge in [-0.15, -0.1) is 0 Å². The number of nitrogens with one attached hydrogen (secondary N) is 1. The van der Waals surface area contributed by atoms with Gasteiger partial charge in [-0.05, 0) is 49.7 Å². The predicted octanol–water partition coefficient (Wildman–Crippen LogP) is 4.24. The number of alkyl halides is 3. The molecule has 0 aromatic heterocycles. The molecule has 0 spiro atoms. The molecule has 12 heteroatoms. The largest absolute Gasteiger partial charge is 0.493 e. The Morgan fingerprint density at radius 2 is 1.82 bits per heavy atom. The summed E-state index contributed by atoms with van der Waals surface area (Å²) in [6.45, 7) is 2.98. The van der Waals surface area contributed by atoms with Crippen LogP contribution < -0.4 is 19.1 Å². The van der Waals surface area contributed by atoms with Crippen LogP contribution in [-0.4, -0.2) is 40.3 Å². The van der Waals surface area contributed by atoms with Crippen LogP contribution in [0.5, 0.6) is 11.5 Å². The van der Waals surface area contributed by atoms with Crippen molar-refractivity contribution in [2.45, 2.75) is 32.7 Å². The number of amides is 1. The number of methoxy groups -OCH3 is 1. The topological polar surface area (TPSA) is 84.9 Å². The fourth-order valence-corrected chi connectivity index (χ4v) is 3.95. The molecule has 1 N–H and O–H groups in total. The van der Waals surface area contributed by atoms with Crippen LogP contribution in [0.4, 0.5) is 18.9 Å². The van der Waals surface area contributed by atoms with Crippen LogP contribution >= 0.6 is 11.6 Å². The van der Waals surface area contributed by atoms with Crippen LogP contribution in [-0.2, 0) is 27.5 Å². The molecule has 0 atom stereocenters. The SMILES string of the molecule is COc1cc(CNC(=O)CN(c2cc(C(F)(F)F)ccc2Cl)S(C)(=O)=O)ccc1OC(C)C. The molecule has 0 bridgehead atoms. The third kappa shape index (κ3) is 7.43. The van der Waals surface area contributed by atoms with E-state index in [0.717, 1.165) is 18.4 Å². The van der Waals surface area contributed by atoms with Crippen LogP contribution in [0, 0.1) is 0 Å². The third-order valence-electron chi connectivity index (χ3n) is 4.31. The predicted molar refractivity (Wildman–Crippen MR) is 119 cm³/mol. The van der Waals surface area contributed by atoms with E-state index in [2.05, 4.69) is 5.32 Å². The number of benzene rings is 2. The van der Waals surface area contributed by atoms with Gasteiger partial charge in [0.15, 0.2) is 11.5 Å². The van der Waals surface area contributed by atoms with E-state index < -0.39 is 39.9 Å². The number of ether oxygens (including phenoxy) is 2. The van der Waals surface area contributed by atoms with Gasteiger partial charge >= 0.3 is 6.18 Å². The highest BCUT2D eigenvalue weighted by molar-refractivity contribution is 7.92. The second-order valence-corrected chi connectivity index (χ2v) is 9.68. The molecule has 0 saturated heterocycles. The zero-order valence-corrected chi connectivity index (χ0v) is 19.9. The summed E-state index contributed by atoms with van der Waals surface area (Å²) in [6.07, 6.45) is -4.01. The Labute approximate surface area is 195 Å². The highest BCUT2D eigenvalue weighted by atomic mass is 35.5. The van der Waals surface area contributed by atoms with Gasteiger partial charge < -0.3 is 14.8 Å². The molecule has 0 saturated carbocycles. The second kappa shape index (κ2) is 10.5. The first-order chi connectivity index (χ1) is 15.2. The summed E-state index contributed by atoms with van der Waals surface area (Å²) in [4.78, 5) is 12.5. The maximum absolute atomic E-state index is 13.1. The normalized spacial score (nSPS) is 11.9. The molecule has 182 valence electrons. The van der Waals surface area contributed by atoms with Crippen molar-refractivity contribution < 1.29 is 35.9 Å². The molecule has 0 radical (unpaired) electrons. The lowest BCUT2D eigenvalue weighted by Gasteiger charge is -2.24. The number of rotatable bonds is 9. The highest BCUT2D eigenvalue weighted by Crippen LogP contribution is 2.36. The van der Waals surface area contributed by atoms with E-state index in [9.17, 15) is 26.4 Å². The number of halogens is 4. The molecule has 0 aliphatic carbocycles. The lowest BCUT2D eigenvalue weighted by molar-refractivity contribution is -0.137. The van der Waals surface area contributed by atoms with Crippen LogP contribution in [0.25, 0.3) is 0 Å². The molecule has 33 heavy (non-hydrogen) atoms. The van der Waals surface area contributed by atoms with Crippen LogP contribution in [0.1, 0.15) is 25.0 Å². The van der Waals surface area contributed by atoms with E-state index in [-0.39, 0.29) is 17.7 Å². The van der Waals surface area contributed by atoms with E-state index in [1.165, 1.54) is 7.11 Å². The van der Waals surface area contributed by atoms with Crippen molar-refractivity contribution in [3.63, 3.8) is 0 Å². The second-order valence-electron chi connectivity index (χ2n) is 7.36. The maximum Gasteiger partial charge on any atom is 0.416 e. The summed E-state index contributed by atoms with van der Waals surface area (Å²) in [7, 11) is -2.66. The Hall–Kier alpha value is -2.66. The summed E-state index contributed by atoms with van der Waals surface area (Å²) in [6, 6.07) is 7.27. The molecule has 2 rings (SSSR count). The monoisotopic (exact) mass is 508 g/mol. The molecule has 2 aromatic rings. The lowest BCUT2D eigenvalue weighted by Crippen LogP contribution is -2.40. The van der Waals surface area contributed by atoms with Gasteiger partial charge in [0, 0.05) is 6.54 Å². The van der Waals surface area contributed by atoms with Crippen molar-refractivity contribution in [3.05, 3.63) is 52.5 Å². The molecule has 0 aliphatic rings. The van der Waals surface area contributed by atoms with Crippen LogP contribution in [0.2, 0.25) is 5.02 Å². The maximum atomic E-state index is 13.1. The fraction of sp³-hybridized carbons (Fsp3) is 0.381.